The SMILES string of the molecule is COc1ccc(C(=O)Nc2ccc(C)cc2O)c(O)c1. The largest absolute Gasteiger partial charge is 0.507 e. The Balaban J connectivity index is 2.24. The van der Waals surface area contributed by atoms with E-state index < -0.39 is 5.91 Å². The van der Waals surface area contributed by atoms with Gasteiger partial charge >= 0.3 is 0 Å². The van der Waals surface area contributed by atoms with Crippen molar-refractivity contribution in [3.05, 3.63) is 47.5 Å². The number of hydrogen-bond acceptors (Lipinski definition) is 4. The molecular weight excluding hydrogens is 258 g/mol. The Bertz CT molecular complexity index is 652. The van der Waals surface area contributed by atoms with Crippen LogP contribution in [0.4, 0.5) is 5.69 Å². The van der Waals surface area contributed by atoms with Crippen LogP contribution in [0.2, 0.25) is 0 Å². The Morgan fingerprint density at radius 1 is 1.10 bits per heavy atom. The van der Waals surface area contributed by atoms with Crippen molar-refractivity contribution in [2.45, 2.75) is 6.92 Å². The molecule has 0 atom stereocenters. The van der Waals surface area contributed by atoms with E-state index >= 15 is 0 Å². The summed E-state index contributed by atoms with van der Waals surface area (Å²) in [5.41, 5.74) is 1.27. The zero-order valence-electron chi connectivity index (χ0n) is 11.2. The van der Waals surface area contributed by atoms with E-state index in [1.807, 2.05) is 6.92 Å². The molecule has 0 aliphatic carbocycles. The Kier molecular flexibility index (Phi) is 3.79. The number of amides is 1. The van der Waals surface area contributed by atoms with Gasteiger partial charge in [0.2, 0.25) is 0 Å². The van der Waals surface area contributed by atoms with E-state index in [4.69, 9.17) is 4.74 Å². The second kappa shape index (κ2) is 5.52. The van der Waals surface area contributed by atoms with Crippen LogP contribution in [-0.2, 0) is 0 Å². The standard InChI is InChI=1S/C15H15NO4/c1-9-3-6-12(14(18)7-9)16-15(19)11-5-4-10(20-2)8-13(11)17/h3-8,17-18H,1-2H3,(H,16,19). The van der Waals surface area contributed by atoms with Crippen LogP contribution < -0.4 is 10.1 Å². The molecule has 0 bridgehead atoms. The highest BCUT2D eigenvalue weighted by molar-refractivity contribution is 6.06. The fraction of sp³-hybridized carbons (Fsp3) is 0.133. The molecule has 0 radical (unpaired) electrons. The molecule has 20 heavy (non-hydrogen) atoms. The van der Waals surface area contributed by atoms with Gasteiger partial charge in [0.05, 0.1) is 18.4 Å². The summed E-state index contributed by atoms with van der Waals surface area (Å²) in [7, 11) is 1.47. The minimum atomic E-state index is -0.510. The Morgan fingerprint density at radius 3 is 2.45 bits per heavy atom. The van der Waals surface area contributed by atoms with Crippen LogP contribution in [0.1, 0.15) is 15.9 Å². The number of carbonyl (C=O) groups excluding carboxylic acids is 1. The topological polar surface area (TPSA) is 78.8 Å². The average Bonchev–Trinajstić information content (AvgIpc) is 2.41. The molecule has 0 heterocycles. The molecule has 0 aliphatic heterocycles. The second-order valence-electron chi connectivity index (χ2n) is 4.36. The summed E-state index contributed by atoms with van der Waals surface area (Å²) in [6, 6.07) is 9.29. The molecule has 0 unspecified atom stereocenters. The van der Waals surface area contributed by atoms with E-state index in [9.17, 15) is 15.0 Å². The van der Waals surface area contributed by atoms with Crippen molar-refractivity contribution >= 4 is 11.6 Å². The van der Waals surface area contributed by atoms with Crippen molar-refractivity contribution in [1.29, 1.82) is 0 Å². The van der Waals surface area contributed by atoms with Gasteiger partial charge in [-0.2, -0.15) is 0 Å². The van der Waals surface area contributed by atoms with Crippen LogP contribution in [0.5, 0.6) is 17.2 Å². The number of nitrogens with one attached hydrogen (secondary N) is 1. The first-order chi connectivity index (χ1) is 9.51. The lowest BCUT2D eigenvalue weighted by Gasteiger charge is -2.10. The van der Waals surface area contributed by atoms with E-state index in [0.717, 1.165) is 5.56 Å². The number of ether oxygens (including phenoxy) is 1. The summed E-state index contributed by atoms with van der Waals surface area (Å²) >= 11 is 0. The Labute approximate surface area is 116 Å². The predicted octanol–water partition coefficient (Wildman–Crippen LogP) is 2.67. The van der Waals surface area contributed by atoms with Crippen molar-refractivity contribution in [2.24, 2.45) is 0 Å². The summed E-state index contributed by atoms with van der Waals surface area (Å²) in [6.07, 6.45) is 0. The first-order valence-electron chi connectivity index (χ1n) is 5.99. The van der Waals surface area contributed by atoms with Crippen molar-refractivity contribution in [1.82, 2.24) is 0 Å². The summed E-state index contributed by atoms with van der Waals surface area (Å²) in [5, 5.41) is 22.1. The lowest BCUT2D eigenvalue weighted by Crippen LogP contribution is -2.12. The first kappa shape index (κ1) is 13.7. The van der Waals surface area contributed by atoms with E-state index in [2.05, 4.69) is 5.32 Å². The molecule has 0 fully saturated rings. The predicted molar refractivity (Wildman–Crippen MR) is 75.5 cm³/mol. The van der Waals surface area contributed by atoms with Gasteiger partial charge in [-0.05, 0) is 36.8 Å². The lowest BCUT2D eigenvalue weighted by atomic mass is 10.1. The van der Waals surface area contributed by atoms with Crippen LogP contribution >= 0.6 is 0 Å². The zero-order chi connectivity index (χ0) is 14.7. The lowest BCUT2D eigenvalue weighted by molar-refractivity contribution is 0.102. The van der Waals surface area contributed by atoms with Crippen LogP contribution in [0.3, 0.4) is 0 Å². The summed E-state index contributed by atoms with van der Waals surface area (Å²) in [6.45, 7) is 1.83. The molecule has 2 aromatic carbocycles. The van der Waals surface area contributed by atoms with Gasteiger partial charge in [-0.1, -0.05) is 6.07 Å². The molecule has 3 N–H and O–H groups in total. The molecule has 1 amide bonds. The smallest absolute Gasteiger partial charge is 0.259 e. The minimum Gasteiger partial charge on any atom is -0.507 e. The summed E-state index contributed by atoms with van der Waals surface area (Å²) < 4.78 is 4.95. The van der Waals surface area contributed by atoms with Gasteiger partial charge in [0.25, 0.3) is 5.91 Å². The monoisotopic (exact) mass is 273 g/mol. The van der Waals surface area contributed by atoms with Crippen molar-refractivity contribution in [3.8, 4) is 17.2 Å². The van der Waals surface area contributed by atoms with Crippen molar-refractivity contribution < 1.29 is 19.7 Å². The van der Waals surface area contributed by atoms with Gasteiger partial charge in [-0.25, -0.2) is 0 Å². The highest BCUT2D eigenvalue weighted by Gasteiger charge is 2.13. The highest BCUT2D eigenvalue weighted by Crippen LogP contribution is 2.27. The third-order valence-corrected chi connectivity index (χ3v) is 2.85. The number of hydrogen-bond donors (Lipinski definition) is 3. The third-order valence-electron chi connectivity index (χ3n) is 2.85. The summed E-state index contributed by atoms with van der Waals surface area (Å²) in [4.78, 5) is 12.0. The molecule has 0 aromatic heterocycles. The third kappa shape index (κ3) is 2.83. The average molecular weight is 273 g/mol. The highest BCUT2D eigenvalue weighted by atomic mass is 16.5. The fourth-order valence-electron chi connectivity index (χ4n) is 1.77. The number of methoxy groups -OCH3 is 1. The van der Waals surface area contributed by atoms with E-state index in [-0.39, 0.29) is 22.7 Å². The summed E-state index contributed by atoms with van der Waals surface area (Å²) in [5.74, 6) is -0.263. The Morgan fingerprint density at radius 2 is 1.85 bits per heavy atom. The molecule has 0 saturated heterocycles. The maximum Gasteiger partial charge on any atom is 0.259 e. The molecule has 5 nitrogen and oxygen atoms in total. The zero-order valence-corrected chi connectivity index (χ0v) is 11.2. The Hall–Kier alpha value is -2.69. The van der Waals surface area contributed by atoms with Crippen LogP contribution in [0.15, 0.2) is 36.4 Å². The molecule has 5 heteroatoms. The number of phenols is 2. The van der Waals surface area contributed by atoms with Gasteiger partial charge in [-0.3, -0.25) is 4.79 Å². The van der Waals surface area contributed by atoms with Crippen molar-refractivity contribution in [2.75, 3.05) is 12.4 Å². The van der Waals surface area contributed by atoms with Gasteiger partial charge in [0.15, 0.2) is 0 Å². The molecular formula is C15H15NO4. The van der Waals surface area contributed by atoms with Gasteiger partial charge in [-0.15, -0.1) is 0 Å². The van der Waals surface area contributed by atoms with Crippen LogP contribution in [0.25, 0.3) is 0 Å². The normalized spacial score (nSPS) is 10.1. The number of aryl methyl sites for hydroxylation is 1. The number of phenolic OH excluding ortho intramolecular Hbond substituents is 2. The van der Waals surface area contributed by atoms with E-state index in [1.54, 1.807) is 24.3 Å². The van der Waals surface area contributed by atoms with Gasteiger partial charge < -0.3 is 20.3 Å². The van der Waals surface area contributed by atoms with Crippen LogP contribution in [0, 0.1) is 6.92 Å². The van der Waals surface area contributed by atoms with E-state index in [0.29, 0.717) is 5.75 Å². The minimum absolute atomic E-state index is 0.0219. The molecule has 104 valence electrons. The number of anilines is 1. The first-order valence-corrected chi connectivity index (χ1v) is 5.99. The number of rotatable bonds is 3. The quantitative estimate of drug-likeness (QED) is 0.751. The number of benzene rings is 2. The molecule has 2 rings (SSSR count). The van der Waals surface area contributed by atoms with Gasteiger partial charge in [0.1, 0.15) is 17.2 Å². The number of aromatic hydroxyl groups is 2. The maximum atomic E-state index is 12.0. The van der Waals surface area contributed by atoms with Crippen molar-refractivity contribution in [3.63, 3.8) is 0 Å². The molecule has 0 saturated carbocycles. The van der Waals surface area contributed by atoms with E-state index in [1.165, 1.54) is 19.2 Å². The molecule has 0 spiro atoms. The molecule has 2 aromatic rings. The maximum absolute atomic E-state index is 12.0. The second-order valence-corrected chi connectivity index (χ2v) is 4.36. The number of carbonyl (C=O) groups is 1. The van der Waals surface area contributed by atoms with Gasteiger partial charge in [0, 0.05) is 6.07 Å². The van der Waals surface area contributed by atoms with Crippen LogP contribution in [-0.4, -0.2) is 23.2 Å². The molecule has 0 aliphatic rings. The fourth-order valence-corrected chi connectivity index (χ4v) is 1.77.